The van der Waals surface area contributed by atoms with Crippen molar-refractivity contribution in [2.45, 2.75) is 0 Å². The second-order valence-electron chi connectivity index (χ2n) is 5.35. The van der Waals surface area contributed by atoms with E-state index in [2.05, 4.69) is 12.1 Å². The van der Waals surface area contributed by atoms with E-state index in [0.29, 0.717) is 17.1 Å². The summed E-state index contributed by atoms with van der Waals surface area (Å²) in [5.41, 5.74) is 2.39. The molecule has 0 aliphatic heterocycles. The number of fused-ring (bicyclic) bond motifs is 1. The number of hydrogen-bond donors (Lipinski definition) is 0. The molecular weight excluding hydrogens is 298 g/mol. The predicted molar refractivity (Wildman–Crippen MR) is 97.0 cm³/mol. The van der Waals surface area contributed by atoms with Gasteiger partial charge in [0.15, 0.2) is 11.5 Å². The molecule has 0 fully saturated rings. The van der Waals surface area contributed by atoms with Gasteiger partial charge >= 0.3 is 0 Å². The number of nitriles is 1. The van der Waals surface area contributed by atoms with Gasteiger partial charge in [-0.1, -0.05) is 42.5 Å². The van der Waals surface area contributed by atoms with Crippen molar-refractivity contribution < 1.29 is 9.47 Å². The smallest absolute Gasteiger partial charge is 0.161 e. The first kappa shape index (κ1) is 15.6. The fourth-order valence-electron chi connectivity index (χ4n) is 2.65. The number of nitrogens with zero attached hydrogens (tertiary/aromatic N) is 1. The standard InChI is InChI=1S/C21H17NO2/c1-23-20-10-7-15(12-21(20)24-2)11-19(14-22)18-9-8-16-5-3-4-6-17(16)13-18/h3-13H,1-2H3. The number of ether oxygens (including phenoxy) is 2. The lowest BCUT2D eigenvalue weighted by molar-refractivity contribution is 0.355. The normalized spacial score (nSPS) is 11.1. The Hall–Kier alpha value is -3.25. The quantitative estimate of drug-likeness (QED) is 0.507. The topological polar surface area (TPSA) is 42.2 Å². The maximum Gasteiger partial charge on any atom is 0.161 e. The summed E-state index contributed by atoms with van der Waals surface area (Å²) in [7, 11) is 3.20. The molecule has 3 nitrogen and oxygen atoms in total. The second kappa shape index (κ2) is 6.89. The molecule has 24 heavy (non-hydrogen) atoms. The van der Waals surface area contributed by atoms with Crippen LogP contribution >= 0.6 is 0 Å². The van der Waals surface area contributed by atoms with E-state index in [-0.39, 0.29) is 0 Å². The molecule has 0 N–H and O–H groups in total. The van der Waals surface area contributed by atoms with Crippen molar-refractivity contribution >= 4 is 22.4 Å². The molecule has 0 amide bonds. The first-order valence-corrected chi connectivity index (χ1v) is 7.58. The van der Waals surface area contributed by atoms with Gasteiger partial charge in [0.2, 0.25) is 0 Å². The highest BCUT2D eigenvalue weighted by atomic mass is 16.5. The van der Waals surface area contributed by atoms with Gasteiger partial charge in [-0.15, -0.1) is 0 Å². The van der Waals surface area contributed by atoms with E-state index >= 15 is 0 Å². The van der Waals surface area contributed by atoms with Gasteiger partial charge in [-0.3, -0.25) is 0 Å². The van der Waals surface area contributed by atoms with Crippen molar-refractivity contribution in [2.24, 2.45) is 0 Å². The number of rotatable bonds is 4. The maximum atomic E-state index is 9.57. The Balaban J connectivity index is 2.04. The van der Waals surface area contributed by atoms with E-state index in [9.17, 15) is 5.26 Å². The lowest BCUT2D eigenvalue weighted by Gasteiger charge is -2.08. The zero-order chi connectivity index (χ0) is 16.9. The number of allylic oxidation sites excluding steroid dienone is 1. The van der Waals surface area contributed by atoms with Crippen LogP contribution in [0.25, 0.3) is 22.4 Å². The Bertz CT molecular complexity index is 951. The van der Waals surface area contributed by atoms with Crippen LogP contribution in [0.15, 0.2) is 60.7 Å². The first-order chi connectivity index (χ1) is 11.7. The van der Waals surface area contributed by atoms with Crippen molar-refractivity contribution in [1.82, 2.24) is 0 Å². The molecule has 0 heterocycles. The van der Waals surface area contributed by atoms with E-state index < -0.39 is 0 Å². The highest BCUT2D eigenvalue weighted by molar-refractivity contribution is 5.94. The average Bonchev–Trinajstić information content (AvgIpc) is 2.65. The molecular formula is C21H17NO2. The summed E-state index contributed by atoms with van der Waals surface area (Å²) in [5.74, 6) is 1.31. The van der Waals surface area contributed by atoms with Crippen LogP contribution in [0.2, 0.25) is 0 Å². The largest absolute Gasteiger partial charge is 0.493 e. The molecule has 0 aromatic heterocycles. The summed E-state index contributed by atoms with van der Waals surface area (Å²) in [6.07, 6.45) is 1.85. The fourth-order valence-corrected chi connectivity index (χ4v) is 2.65. The molecule has 0 saturated carbocycles. The highest BCUT2D eigenvalue weighted by Crippen LogP contribution is 2.30. The summed E-state index contributed by atoms with van der Waals surface area (Å²) in [5, 5.41) is 11.8. The fraction of sp³-hybridized carbons (Fsp3) is 0.0952. The first-order valence-electron chi connectivity index (χ1n) is 7.58. The predicted octanol–water partition coefficient (Wildman–Crippen LogP) is 4.92. The third-order valence-corrected chi connectivity index (χ3v) is 3.90. The lowest BCUT2D eigenvalue weighted by atomic mass is 10.00. The van der Waals surface area contributed by atoms with Gasteiger partial charge in [0.1, 0.15) is 0 Å². The van der Waals surface area contributed by atoms with Gasteiger partial charge in [-0.25, -0.2) is 0 Å². The molecule has 0 unspecified atom stereocenters. The van der Waals surface area contributed by atoms with Crippen molar-refractivity contribution in [2.75, 3.05) is 14.2 Å². The second-order valence-corrected chi connectivity index (χ2v) is 5.35. The molecule has 3 heteroatoms. The highest BCUT2D eigenvalue weighted by Gasteiger charge is 2.06. The summed E-state index contributed by atoms with van der Waals surface area (Å²) < 4.78 is 10.6. The third-order valence-electron chi connectivity index (χ3n) is 3.90. The van der Waals surface area contributed by atoms with Crippen molar-refractivity contribution in [3.8, 4) is 17.6 Å². The van der Waals surface area contributed by atoms with Gasteiger partial charge in [0.25, 0.3) is 0 Å². The van der Waals surface area contributed by atoms with Crippen LogP contribution < -0.4 is 9.47 Å². The average molecular weight is 315 g/mol. The van der Waals surface area contributed by atoms with E-state index in [1.54, 1.807) is 14.2 Å². The SMILES string of the molecule is COc1ccc(C=C(C#N)c2ccc3ccccc3c2)cc1OC. The molecule has 3 rings (SSSR count). The summed E-state index contributed by atoms with van der Waals surface area (Å²) >= 11 is 0. The lowest BCUT2D eigenvalue weighted by Crippen LogP contribution is -1.91. The van der Waals surface area contributed by atoms with Crippen molar-refractivity contribution in [1.29, 1.82) is 5.26 Å². The summed E-state index contributed by atoms with van der Waals surface area (Å²) in [6.45, 7) is 0. The summed E-state index contributed by atoms with van der Waals surface area (Å²) in [6, 6.07) is 22.0. The van der Waals surface area contributed by atoms with Gasteiger partial charge in [-0.2, -0.15) is 5.26 Å². The molecule has 0 bridgehead atoms. The van der Waals surface area contributed by atoms with Gasteiger partial charge < -0.3 is 9.47 Å². The Labute approximate surface area is 141 Å². The minimum atomic E-state index is 0.605. The van der Waals surface area contributed by atoms with Gasteiger partial charge in [-0.05, 0) is 46.2 Å². The molecule has 0 radical (unpaired) electrons. The third kappa shape index (κ3) is 3.09. The molecule has 3 aromatic carbocycles. The van der Waals surface area contributed by atoms with E-state index in [1.807, 2.05) is 60.7 Å². The molecule has 0 atom stereocenters. The number of benzene rings is 3. The molecule has 0 aliphatic carbocycles. The van der Waals surface area contributed by atoms with Crippen LogP contribution in [-0.4, -0.2) is 14.2 Å². The van der Waals surface area contributed by atoms with Crippen molar-refractivity contribution in [3.63, 3.8) is 0 Å². The van der Waals surface area contributed by atoms with Crippen LogP contribution in [0.4, 0.5) is 0 Å². The van der Waals surface area contributed by atoms with E-state index in [1.165, 1.54) is 0 Å². The van der Waals surface area contributed by atoms with E-state index in [4.69, 9.17) is 9.47 Å². The molecule has 118 valence electrons. The molecule has 0 spiro atoms. The minimum Gasteiger partial charge on any atom is -0.493 e. The Morgan fingerprint density at radius 1 is 0.875 bits per heavy atom. The Morgan fingerprint density at radius 3 is 2.33 bits per heavy atom. The van der Waals surface area contributed by atoms with Crippen LogP contribution in [0.3, 0.4) is 0 Å². The molecule has 3 aromatic rings. The van der Waals surface area contributed by atoms with Crippen LogP contribution in [-0.2, 0) is 0 Å². The Morgan fingerprint density at radius 2 is 1.62 bits per heavy atom. The van der Waals surface area contributed by atoms with Gasteiger partial charge in [0, 0.05) is 0 Å². The van der Waals surface area contributed by atoms with E-state index in [0.717, 1.165) is 21.9 Å². The monoisotopic (exact) mass is 315 g/mol. The van der Waals surface area contributed by atoms with Gasteiger partial charge in [0.05, 0.1) is 25.9 Å². The van der Waals surface area contributed by atoms with Crippen molar-refractivity contribution in [3.05, 3.63) is 71.8 Å². The van der Waals surface area contributed by atoms with Crippen LogP contribution in [0, 0.1) is 11.3 Å². The molecule has 0 saturated heterocycles. The minimum absolute atomic E-state index is 0.605. The maximum absolute atomic E-state index is 9.57. The number of methoxy groups -OCH3 is 2. The molecule has 0 aliphatic rings. The number of hydrogen-bond acceptors (Lipinski definition) is 3. The summed E-state index contributed by atoms with van der Waals surface area (Å²) in [4.78, 5) is 0. The Kier molecular flexibility index (Phi) is 4.49. The van der Waals surface area contributed by atoms with Crippen LogP contribution in [0.5, 0.6) is 11.5 Å². The van der Waals surface area contributed by atoms with Crippen LogP contribution in [0.1, 0.15) is 11.1 Å². The zero-order valence-electron chi connectivity index (χ0n) is 13.6. The zero-order valence-corrected chi connectivity index (χ0v) is 13.6.